The molecule has 2 heterocycles. The van der Waals surface area contributed by atoms with E-state index in [9.17, 15) is 8.42 Å². The highest BCUT2D eigenvalue weighted by Crippen LogP contribution is 2.30. The third-order valence-electron chi connectivity index (χ3n) is 4.76. The summed E-state index contributed by atoms with van der Waals surface area (Å²) in [7, 11) is -3.20. The van der Waals surface area contributed by atoms with Gasteiger partial charge in [-0.2, -0.15) is 17.0 Å². The van der Waals surface area contributed by atoms with Crippen molar-refractivity contribution in [2.24, 2.45) is 5.92 Å². The van der Waals surface area contributed by atoms with Crippen LogP contribution in [0.1, 0.15) is 38.5 Å². The van der Waals surface area contributed by atoms with Crippen LogP contribution in [0, 0.1) is 5.92 Å². The van der Waals surface area contributed by atoms with Crippen LogP contribution in [0.15, 0.2) is 0 Å². The molecule has 2 saturated heterocycles. The SMILES string of the molecule is O=S1(=O)N(CC2CCNC2)CCCN1C1CCCC1. The highest BCUT2D eigenvalue weighted by molar-refractivity contribution is 7.86. The second-order valence-corrected chi connectivity index (χ2v) is 8.01. The van der Waals surface area contributed by atoms with Gasteiger partial charge in [-0.25, -0.2) is 0 Å². The largest absolute Gasteiger partial charge is 0.316 e. The maximum absolute atomic E-state index is 12.7. The zero-order chi connectivity index (χ0) is 13.3. The van der Waals surface area contributed by atoms with Gasteiger partial charge in [-0.05, 0) is 44.7 Å². The first kappa shape index (κ1) is 13.8. The van der Waals surface area contributed by atoms with Crippen LogP contribution < -0.4 is 5.32 Å². The summed E-state index contributed by atoms with van der Waals surface area (Å²) in [4.78, 5) is 0. The Bertz CT molecular complexity index is 400. The van der Waals surface area contributed by atoms with E-state index in [-0.39, 0.29) is 6.04 Å². The summed E-state index contributed by atoms with van der Waals surface area (Å²) in [5.41, 5.74) is 0. The summed E-state index contributed by atoms with van der Waals surface area (Å²) in [6.45, 7) is 4.15. The van der Waals surface area contributed by atoms with Crippen LogP contribution in [0.25, 0.3) is 0 Å². The van der Waals surface area contributed by atoms with Gasteiger partial charge in [0.1, 0.15) is 0 Å². The van der Waals surface area contributed by atoms with Gasteiger partial charge in [0, 0.05) is 25.7 Å². The van der Waals surface area contributed by atoms with E-state index in [4.69, 9.17) is 0 Å². The van der Waals surface area contributed by atoms with Crippen LogP contribution in [-0.4, -0.2) is 55.8 Å². The van der Waals surface area contributed by atoms with Gasteiger partial charge in [0.15, 0.2) is 0 Å². The van der Waals surface area contributed by atoms with Crippen molar-refractivity contribution >= 4 is 10.2 Å². The highest BCUT2D eigenvalue weighted by Gasteiger charge is 2.39. The quantitative estimate of drug-likeness (QED) is 0.835. The van der Waals surface area contributed by atoms with Crippen LogP contribution in [0.3, 0.4) is 0 Å². The molecule has 0 radical (unpaired) electrons. The van der Waals surface area contributed by atoms with Gasteiger partial charge >= 0.3 is 0 Å². The summed E-state index contributed by atoms with van der Waals surface area (Å²) < 4.78 is 29.0. The molecule has 1 N–H and O–H groups in total. The van der Waals surface area contributed by atoms with Gasteiger partial charge in [-0.3, -0.25) is 0 Å². The molecule has 3 aliphatic rings. The van der Waals surface area contributed by atoms with E-state index in [1.54, 1.807) is 8.61 Å². The Labute approximate surface area is 116 Å². The lowest BCUT2D eigenvalue weighted by Gasteiger charge is -2.38. The first-order chi connectivity index (χ1) is 9.18. The zero-order valence-corrected chi connectivity index (χ0v) is 12.4. The fraction of sp³-hybridized carbons (Fsp3) is 1.00. The third kappa shape index (κ3) is 2.82. The first-order valence-corrected chi connectivity index (χ1v) is 9.05. The molecule has 5 nitrogen and oxygen atoms in total. The molecule has 0 aromatic heterocycles. The lowest BCUT2D eigenvalue weighted by molar-refractivity contribution is 0.228. The molecule has 2 aliphatic heterocycles. The van der Waals surface area contributed by atoms with E-state index in [2.05, 4.69) is 5.32 Å². The minimum atomic E-state index is -3.20. The Balaban J connectivity index is 1.69. The van der Waals surface area contributed by atoms with Gasteiger partial charge < -0.3 is 5.32 Å². The Hall–Kier alpha value is -0.170. The Morgan fingerprint density at radius 1 is 1.05 bits per heavy atom. The van der Waals surface area contributed by atoms with E-state index in [1.807, 2.05) is 0 Å². The standard InChI is InChI=1S/C13H25N3O2S/c17-19(18)15(11-12-6-7-14-10-12)8-3-9-16(19)13-4-1-2-5-13/h12-14H,1-11H2. The fourth-order valence-electron chi connectivity index (χ4n) is 3.69. The molecular weight excluding hydrogens is 262 g/mol. The van der Waals surface area contributed by atoms with Crippen molar-refractivity contribution in [3.05, 3.63) is 0 Å². The molecule has 110 valence electrons. The lowest BCUT2D eigenvalue weighted by Crippen LogP contribution is -2.54. The van der Waals surface area contributed by atoms with Crippen LogP contribution in [-0.2, 0) is 10.2 Å². The van der Waals surface area contributed by atoms with Crippen molar-refractivity contribution in [2.45, 2.75) is 44.6 Å². The molecule has 0 spiro atoms. The monoisotopic (exact) mass is 287 g/mol. The summed E-state index contributed by atoms with van der Waals surface area (Å²) >= 11 is 0. The van der Waals surface area contributed by atoms with E-state index in [0.29, 0.717) is 19.0 Å². The third-order valence-corrected chi connectivity index (χ3v) is 6.82. The maximum atomic E-state index is 12.7. The van der Waals surface area contributed by atoms with Crippen molar-refractivity contribution in [1.82, 2.24) is 13.9 Å². The maximum Gasteiger partial charge on any atom is 0.282 e. The molecular formula is C13H25N3O2S. The summed E-state index contributed by atoms with van der Waals surface area (Å²) in [6, 6.07) is 0.273. The molecule has 0 amide bonds. The first-order valence-electron chi connectivity index (χ1n) is 7.65. The summed E-state index contributed by atoms with van der Waals surface area (Å²) in [5.74, 6) is 0.498. The van der Waals surface area contributed by atoms with Crippen molar-refractivity contribution in [1.29, 1.82) is 0 Å². The average Bonchev–Trinajstić information content (AvgIpc) is 3.04. The molecule has 0 aromatic rings. The molecule has 1 atom stereocenters. The normalized spacial score (nSPS) is 34.0. The van der Waals surface area contributed by atoms with Crippen molar-refractivity contribution in [2.75, 3.05) is 32.7 Å². The highest BCUT2D eigenvalue weighted by atomic mass is 32.2. The van der Waals surface area contributed by atoms with E-state index in [1.165, 1.54) is 12.8 Å². The molecule has 3 rings (SSSR count). The second-order valence-electron chi connectivity index (χ2n) is 6.13. The Morgan fingerprint density at radius 2 is 1.84 bits per heavy atom. The van der Waals surface area contributed by atoms with Crippen LogP contribution in [0.5, 0.6) is 0 Å². The predicted octanol–water partition coefficient (Wildman–Crippen LogP) is 0.791. The fourth-order valence-corrected chi connectivity index (χ4v) is 5.69. The lowest BCUT2D eigenvalue weighted by atomic mass is 10.1. The topological polar surface area (TPSA) is 52.7 Å². The van der Waals surface area contributed by atoms with Crippen molar-refractivity contribution in [3.63, 3.8) is 0 Å². The number of hydrogen-bond donors (Lipinski definition) is 1. The number of nitrogens with zero attached hydrogens (tertiary/aromatic N) is 2. The van der Waals surface area contributed by atoms with Crippen molar-refractivity contribution < 1.29 is 8.42 Å². The summed E-state index contributed by atoms with van der Waals surface area (Å²) in [6.07, 6.45) is 6.56. The van der Waals surface area contributed by atoms with Gasteiger partial charge in [-0.1, -0.05) is 12.8 Å². The van der Waals surface area contributed by atoms with E-state index >= 15 is 0 Å². The molecule has 6 heteroatoms. The smallest absolute Gasteiger partial charge is 0.282 e. The van der Waals surface area contributed by atoms with Crippen LogP contribution in [0.2, 0.25) is 0 Å². The average molecular weight is 287 g/mol. The Morgan fingerprint density at radius 3 is 2.53 bits per heavy atom. The van der Waals surface area contributed by atoms with Gasteiger partial charge in [-0.15, -0.1) is 0 Å². The molecule has 0 bridgehead atoms. The Kier molecular flexibility index (Phi) is 4.12. The molecule has 1 unspecified atom stereocenters. The molecule has 1 saturated carbocycles. The minimum Gasteiger partial charge on any atom is -0.316 e. The summed E-state index contributed by atoms with van der Waals surface area (Å²) in [5, 5.41) is 3.32. The molecule has 19 heavy (non-hydrogen) atoms. The minimum absolute atomic E-state index is 0.273. The second kappa shape index (κ2) is 5.68. The number of hydrogen-bond acceptors (Lipinski definition) is 3. The van der Waals surface area contributed by atoms with Gasteiger partial charge in [0.05, 0.1) is 0 Å². The van der Waals surface area contributed by atoms with E-state index < -0.39 is 10.2 Å². The molecule has 0 aromatic carbocycles. The van der Waals surface area contributed by atoms with Gasteiger partial charge in [0.2, 0.25) is 0 Å². The van der Waals surface area contributed by atoms with Crippen LogP contribution >= 0.6 is 0 Å². The zero-order valence-electron chi connectivity index (χ0n) is 11.6. The van der Waals surface area contributed by atoms with Gasteiger partial charge in [0.25, 0.3) is 10.2 Å². The molecule has 1 aliphatic carbocycles. The van der Waals surface area contributed by atoms with Crippen molar-refractivity contribution in [3.8, 4) is 0 Å². The molecule has 3 fully saturated rings. The predicted molar refractivity (Wildman–Crippen MR) is 75.0 cm³/mol. The number of nitrogens with one attached hydrogen (secondary N) is 1. The van der Waals surface area contributed by atoms with E-state index in [0.717, 1.165) is 45.3 Å². The number of rotatable bonds is 3. The van der Waals surface area contributed by atoms with Crippen LogP contribution in [0.4, 0.5) is 0 Å².